The highest BCUT2D eigenvalue weighted by Crippen LogP contribution is 1.85. The first-order valence-corrected chi connectivity index (χ1v) is 4.04. The zero-order chi connectivity index (χ0) is 8.36. The number of unbranched alkanes of at least 4 members (excludes halogenated alkanes) is 1. The fourth-order valence-corrected chi connectivity index (χ4v) is 0.555. The first-order valence-electron chi connectivity index (χ1n) is 4.04. The lowest BCUT2D eigenvalue weighted by atomic mass is 10.4. The van der Waals surface area contributed by atoms with Crippen molar-refractivity contribution in [1.29, 1.82) is 0 Å². The Morgan fingerprint density at radius 3 is 2.82 bits per heavy atom. The van der Waals surface area contributed by atoms with Crippen LogP contribution in [0.2, 0.25) is 0 Å². The van der Waals surface area contributed by atoms with Crippen LogP contribution >= 0.6 is 0 Å². The molecule has 0 aromatic rings. The SMILES string of the molecule is CCC/C=N/OCCCOC. The van der Waals surface area contributed by atoms with E-state index in [4.69, 9.17) is 9.57 Å². The molecule has 0 saturated heterocycles. The molecule has 0 spiro atoms. The van der Waals surface area contributed by atoms with Crippen LogP contribution in [0.5, 0.6) is 0 Å². The summed E-state index contributed by atoms with van der Waals surface area (Å²) in [5.41, 5.74) is 0. The van der Waals surface area contributed by atoms with Gasteiger partial charge in [-0.25, -0.2) is 0 Å². The van der Waals surface area contributed by atoms with Crippen LogP contribution in [0, 0.1) is 0 Å². The maximum absolute atomic E-state index is 4.93. The lowest BCUT2D eigenvalue weighted by Gasteiger charge is -1.96. The van der Waals surface area contributed by atoms with Crippen molar-refractivity contribution < 1.29 is 9.57 Å². The van der Waals surface area contributed by atoms with Gasteiger partial charge in [-0.3, -0.25) is 0 Å². The number of methoxy groups -OCH3 is 1. The molecule has 11 heavy (non-hydrogen) atoms. The molecule has 0 N–H and O–H groups in total. The van der Waals surface area contributed by atoms with Crippen LogP contribution in [0.1, 0.15) is 26.2 Å². The number of rotatable bonds is 7. The fourth-order valence-electron chi connectivity index (χ4n) is 0.555. The van der Waals surface area contributed by atoms with Gasteiger partial charge in [0.15, 0.2) is 0 Å². The van der Waals surface area contributed by atoms with Crippen LogP contribution < -0.4 is 0 Å². The average Bonchev–Trinajstić information content (AvgIpc) is 2.03. The second-order valence-corrected chi connectivity index (χ2v) is 2.26. The molecule has 66 valence electrons. The Bertz CT molecular complexity index is 94.1. The van der Waals surface area contributed by atoms with E-state index >= 15 is 0 Å². The Labute approximate surface area is 68.4 Å². The number of ether oxygens (including phenoxy) is 1. The Balaban J connectivity index is 2.89. The number of oxime groups is 1. The van der Waals surface area contributed by atoms with E-state index in [1.807, 2.05) is 0 Å². The van der Waals surface area contributed by atoms with Crippen LogP contribution in [0.3, 0.4) is 0 Å². The van der Waals surface area contributed by atoms with E-state index in [0.717, 1.165) is 25.9 Å². The third kappa shape index (κ3) is 9.43. The first-order chi connectivity index (χ1) is 5.41. The monoisotopic (exact) mass is 159 g/mol. The Morgan fingerprint density at radius 2 is 2.18 bits per heavy atom. The second-order valence-electron chi connectivity index (χ2n) is 2.26. The minimum absolute atomic E-state index is 0.647. The van der Waals surface area contributed by atoms with E-state index in [1.165, 1.54) is 0 Å². The highest BCUT2D eigenvalue weighted by atomic mass is 16.6. The van der Waals surface area contributed by atoms with Gasteiger partial charge >= 0.3 is 0 Å². The highest BCUT2D eigenvalue weighted by Gasteiger charge is 1.83. The Kier molecular flexibility index (Phi) is 8.94. The lowest BCUT2D eigenvalue weighted by molar-refractivity contribution is 0.109. The fraction of sp³-hybridized carbons (Fsp3) is 0.875. The van der Waals surface area contributed by atoms with Crippen molar-refractivity contribution in [3.05, 3.63) is 0 Å². The molecule has 0 saturated carbocycles. The minimum Gasteiger partial charge on any atom is -0.396 e. The summed E-state index contributed by atoms with van der Waals surface area (Å²) >= 11 is 0. The van der Waals surface area contributed by atoms with E-state index in [2.05, 4.69) is 12.1 Å². The molecule has 0 fully saturated rings. The van der Waals surface area contributed by atoms with Gasteiger partial charge in [0.2, 0.25) is 0 Å². The summed E-state index contributed by atoms with van der Waals surface area (Å²) < 4.78 is 4.84. The van der Waals surface area contributed by atoms with Gasteiger partial charge in [-0.15, -0.1) is 0 Å². The van der Waals surface area contributed by atoms with Crippen molar-refractivity contribution in [2.75, 3.05) is 20.3 Å². The standard InChI is InChI=1S/C8H17NO2/c1-3-4-6-9-11-8-5-7-10-2/h6H,3-5,7-8H2,1-2H3/b9-6+. The summed E-state index contributed by atoms with van der Waals surface area (Å²) in [4.78, 5) is 4.93. The van der Waals surface area contributed by atoms with Gasteiger partial charge in [0.1, 0.15) is 6.61 Å². The normalized spacial score (nSPS) is 10.7. The van der Waals surface area contributed by atoms with Crippen molar-refractivity contribution in [3.8, 4) is 0 Å². The highest BCUT2D eigenvalue weighted by molar-refractivity contribution is 5.55. The van der Waals surface area contributed by atoms with Crippen molar-refractivity contribution in [2.45, 2.75) is 26.2 Å². The molecule has 0 aromatic carbocycles. The van der Waals surface area contributed by atoms with Gasteiger partial charge in [0, 0.05) is 26.4 Å². The molecule has 0 aliphatic carbocycles. The summed E-state index contributed by atoms with van der Waals surface area (Å²) in [7, 11) is 1.68. The molecule has 0 heterocycles. The maximum atomic E-state index is 4.93. The van der Waals surface area contributed by atoms with E-state index in [9.17, 15) is 0 Å². The van der Waals surface area contributed by atoms with Crippen molar-refractivity contribution in [1.82, 2.24) is 0 Å². The topological polar surface area (TPSA) is 30.8 Å². The molecular weight excluding hydrogens is 142 g/mol. The second kappa shape index (κ2) is 9.43. The molecule has 0 bridgehead atoms. The van der Waals surface area contributed by atoms with Crippen LogP contribution in [-0.2, 0) is 9.57 Å². The molecule has 3 nitrogen and oxygen atoms in total. The van der Waals surface area contributed by atoms with Crippen molar-refractivity contribution in [2.24, 2.45) is 5.16 Å². The lowest BCUT2D eigenvalue weighted by Crippen LogP contribution is -1.94. The summed E-state index contributed by atoms with van der Waals surface area (Å²) in [6, 6.07) is 0. The molecule has 3 heteroatoms. The molecule has 0 unspecified atom stereocenters. The predicted octanol–water partition coefficient (Wildman–Crippen LogP) is 1.83. The molecule has 0 atom stereocenters. The van der Waals surface area contributed by atoms with Gasteiger partial charge in [0.05, 0.1) is 0 Å². The summed E-state index contributed by atoms with van der Waals surface area (Å²) in [6.45, 7) is 3.49. The molecule has 0 aliphatic rings. The molecule has 0 radical (unpaired) electrons. The Hall–Kier alpha value is -0.570. The van der Waals surface area contributed by atoms with Crippen LogP contribution in [0.25, 0.3) is 0 Å². The summed E-state index contributed by atoms with van der Waals surface area (Å²) in [6.07, 6.45) is 4.81. The molecule has 0 aliphatic heterocycles. The zero-order valence-corrected chi connectivity index (χ0v) is 7.38. The quantitative estimate of drug-likeness (QED) is 0.322. The van der Waals surface area contributed by atoms with Gasteiger partial charge < -0.3 is 9.57 Å². The van der Waals surface area contributed by atoms with Gasteiger partial charge in [0.25, 0.3) is 0 Å². The maximum Gasteiger partial charge on any atom is 0.119 e. The van der Waals surface area contributed by atoms with Crippen molar-refractivity contribution in [3.63, 3.8) is 0 Å². The molecule has 0 rings (SSSR count). The largest absolute Gasteiger partial charge is 0.396 e. The zero-order valence-electron chi connectivity index (χ0n) is 7.38. The van der Waals surface area contributed by atoms with Crippen LogP contribution in [0.4, 0.5) is 0 Å². The Morgan fingerprint density at radius 1 is 1.36 bits per heavy atom. The molecule has 0 aromatic heterocycles. The van der Waals surface area contributed by atoms with E-state index in [0.29, 0.717) is 6.61 Å². The first kappa shape index (κ1) is 10.4. The van der Waals surface area contributed by atoms with Gasteiger partial charge in [-0.2, -0.15) is 0 Å². The smallest absolute Gasteiger partial charge is 0.119 e. The van der Waals surface area contributed by atoms with Crippen LogP contribution in [-0.4, -0.2) is 26.5 Å². The number of nitrogens with zero attached hydrogens (tertiary/aromatic N) is 1. The predicted molar refractivity (Wildman–Crippen MR) is 45.8 cm³/mol. The third-order valence-corrected chi connectivity index (χ3v) is 1.15. The van der Waals surface area contributed by atoms with Gasteiger partial charge in [-0.1, -0.05) is 18.5 Å². The summed E-state index contributed by atoms with van der Waals surface area (Å²) in [5, 5.41) is 3.75. The van der Waals surface area contributed by atoms with E-state index in [1.54, 1.807) is 13.3 Å². The number of hydrogen-bond donors (Lipinski definition) is 0. The van der Waals surface area contributed by atoms with E-state index < -0.39 is 0 Å². The van der Waals surface area contributed by atoms with Crippen LogP contribution in [0.15, 0.2) is 5.16 Å². The molecular formula is C8H17NO2. The average molecular weight is 159 g/mol. The summed E-state index contributed by atoms with van der Waals surface area (Å²) in [5.74, 6) is 0. The van der Waals surface area contributed by atoms with E-state index in [-0.39, 0.29) is 0 Å². The molecule has 0 amide bonds. The minimum atomic E-state index is 0.647. The third-order valence-electron chi connectivity index (χ3n) is 1.15. The van der Waals surface area contributed by atoms with Crippen molar-refractivity contribution >= 4 is 6.21 Å². The number of hydrogen-bond acceptors (Lipinski definition) is 3. The van der Waals surface area contributed by atoms with Gasteiger partial charge in [-0.05, 0) is 6.42 Å².